The van der Waals surface area contributed by atoms with Crippen LogP contribution in [0.5, 0.6) is 0 Å². The van der Waals surface area contributed by atoms with E-state index in [1.54, 1.807) is 4.90 Å². The van der Waals surface area contributed by atoms with Crippen LogP contribution in [0.25, 0.3) is 0 Å². The Morgan fingerprint density at radius 2 is 1.52 bits per heavy atom. The second kappa shape index (κ2) is 12.0. The van der Waals surface area contributed by atoms with Crippen molar-refractivity contribution in [2.45, 2.75) is 78.4 Å². The quantitative estimate of drug-likeness (QED) is 0.458. The van der Waals surface area contributed by atoms with Crippen molar-refractivity contribution in [1.29, 1.82) is 0 Å². The summed E-state index contributed by atoms with van der Waals surface area (Å²) in [4.78, 5) is 27.7. The van der Waals surface area contributed by atoms with Gasteiger partial charge >= 0.3 is 0 Å². The first-order valence-electron chi connectivity index (χ1n) is 11.1. The van der Waals surface area contributed by atoms with Gasteiger partial charge in [-0.1, -0.05) is 73.1 Å². The van der Waals surface area contributed by atoms with Gasteiger partial charge in [0.15, 0.2) is 0 Å². The van der Waals surface area contributed by atoms with Crippen molar-refractivity contribution in [3.8, 4) is 0 Å². The normalized spacial score (nSPS) is 13.0. The van der Waals surface area contributed by atoms with Crippen LogP contribution in [0.4, 0.5) is 0 Å². The van der Waals surface area contributed by atoms with E-state index in [0.29, 0.717) is 25.3 Å². The van der Waals surface area contributed by atoms with Crippen LogP contribution >= 0.6 is 15.9 Å². The molecule has 0 spiro atoms. The second-order valence-electron chi connectivity index (χ2n) is 8.54. The Hall–Kier alpha value is -2.14. The molecule has 168 valence electrons. The standard InChI is InChI=1S/C26H35BrN2O2/c1-6-19(4)28-26(31)20(5)29(17-22-9-14-24(27)15-10-22)25(30)16-11-21-7-12-23(13-8-21)18(2)3/h7-10,12-15,18-20H,6,11,16-17H2,1-5H3,(H,28,31)/t19-,20+/m0/s1. The summed E-state index contributed by atoms with van der Waals surface area (Å²) in [6, 6.07) is 15.9. The zero-order valence-corrected chi connectivity index (χ0v) is 20.9. The van der Waals surface area contributed by atoms with Crippen LogP contribution in [0.15, 0.2) is 53.0 Å². The maximum absolute atomic E-state index is 13.2. The maximum atomic E-state index is 13.2. The summed E-state index contributed by atoms with van der Waals surface area (Å²) in [5.41, 5.74) is 3.43. The highest BCUT2D eigenvalue weighted by atomic mass is 79.9. The zero-order valence-electron chi connectivity index (χ0n) is 19.3. The molecule has 0 saturated carbocycles. The van der Waals surface area contributed by atoms with Crippen molar-refractivity contribution >= 4 is 27.7 Å². The van der Waals surface area contributed by atoms with Crippen molar-refractivity contribution in [2.75, 3.05) is 0 Å². The number of benzene rings is 2. The fraction of sp³-hybridized carbons (Fsp3) is 0.462. The molecule has 4 nitrogen and oxygen atoms in total. The lowest BCUT2D eigenvalue weighted by atomic mass is 10.00. The smallest absolute Gasteiger partial charge is 0.242 e. The third-order valence-electron chi connectivity index (χ3n) is 5.71. The van der Waals surface area contributed by atoms with Gasteiger partial charge in [-0.25, -0.2) is 0 Å². The lowest BCUT2D eigenvalue weighted by Gasteiger charge is -2.30. The summed E-state index contributed by atoms with van der Waals surface area (Å²) in [5, 5.41) is 3.01. The summed E-state index contributed by atoms with van der Waals surface area (Å²) < 4.78 is 0.988. The minimum atomic E-state index is -0.534. The molecule has 0 bridgehead atoms. The van der Waals surface area contributed by atoms with Gasteiger partial charge in [0.25, 0.3) is 0 Å². The molecule has 2 atom stereocenters. The Morgan fingerprint density at radius 1 is 0.935 bits per heavy atom. The molecule has 0 radical (unpaired) electrons. The SMILES string of the molecule is CC[C@H](C)NC(=O)[C@@H](C)N(Cc1ccc(Br)cc1)C(=O)CCc1ccc(C(C)C)cc1. The van der Waals surface area contributed by atoms with Gasteiger partial charge in [0.05, 0.1) is 0 Å². The summed E-state index contributed by atoms with van der Waals surface area (Å²) >= 11 is 3.45. The van der Waals surface area contributed by atoms with E-state index in [4.69, 9.17) is 0 Å². The van der Waals surface area contributed by atoms with E-state index in [-0.39, 0.29) is 17.9 Å². The van der Waals surface area contributed by atoms with Crippen LogP contribution in [0.1, 0.15) is 70.1 Å². The summed E-state index contributed by atoms with van der Waals surface area (Å²) in [6.07, 6.45) is 1.89. The van der Waals surface area contributed by atoms with E-state index < -0.39 is 6.04 Å². The Kier molecular flexibility index (Phi) is 9.76. The van der Waals surface area contributed by atoms with Crippen LogP contribution in [-0.2, 0) is 22.6 Å². The number of nitrogens with zero attached hydrogens (tertiary/aromatic N) is 1. The molecule has 5 heteroatoms. The van der Waals surface area contributed by atoms with Crippen molar-refractivity contribution in [3.05, 3.63) is 69.7 Å². The summed E-state index contributed by atoms with van der Waals surface area (Å²) in [5.74, 6) is 0.366. The second-order valence-corrected chi connectivity index (χ2v) is 9.45. The van der Waals surface area contributed by atoms with Gasteiger partial charge in [0.2, 0.25) is 11.8 Å². The van der Waals surface area contributed by atoms with Crippen LogP contribution in [-0.4, -0.2) is 28.8 Å². The van der Waals surface area contributed by atoms with Gasteiger partial charge < -0.3 is 10.2 Å². The first kappa shape index (κ1) is 25.1. The van der Waals surface area contributed by atoms with E-state index >= 15 is 0 Å². The predicted molar refractivity (Wildman–Crippen MR) is 131 cm³/mol. The molecule has 2 rings (SSSR count). The van der Waals surface area contributed by atoms with Gasteiger partial charge in [0, 0.05) is 23.5 Å². The Morgan fingerprint density at radius 3 is 2.06 bits per heavy atom. The molecule has 31 heavy (non-hydrogen) atoms. The molecule has 0 aliphatic carbocycles. The molecule has 0 heterocycles. The predicted octanol–water partition coefficient (Wildman–Crippen LogP) is 5.84. The van der Waals surface area contributed by atoms with Crippen molar-refractivity contribution in [3.63, 3.8) is 0 Å². The summed E-state index contributed by atoms with van der Waals surface area (Å²) in [6.45, 7) is 10.6. The van der Waals surface area contributed by atoms with Crippen LogP contribution < -0.4 is 5.32 Å². The van der Waals surface area contributed by atoms with Crippen LogP contribution in [0, 0.1) is 0 Å². The number of hydrogen-bond acceptors (Lipinski definition) is 2. The van der Waals surface area contributed by atoms with Crippen molar-refractivity contribution in [1.82, 2.24) is 10.2 Å². The average molecular weight is 487 g/mol. The zero-order chi connectivity index (χ0) is 23.0. The van der Waals surface area contributed by atoms with Gasteiger partial charge in [-0.15, -0.1) is 0 Å². The molecular formula is C26H35BrN2O2. The highest BCUT2D eigenvalue weighted by molar-refractivity contribution is 9.10. The lowest BCUT2D eigenvalue weighted by molar-refractivity contribution is -0.140. The fourth-order valence-electron chi connectivity index (χ4n) is 3.30. The molecule has 2 aromatic carbocycles. The van der Waals surface area contributed by atoms with Crippen molar-refractivity contribution in [2.24, 2.45) is 0 Å². The number of nitrogens with one attached hydrogen (secondary N) is 1. The lowest BCUT2D eigenvalue weighted by Crippen LogP contribution is -2.49. The molecule has 0 unspecified atom stereocenters. The Labute approximate surface area is 195 Å². The number of hydrogen-bond donors (Lipinski definition) is 1. The Bertz CT molecular complexity index is 847. The number of aryl methyl sites for hydroxylation is 1. The molecule has 1 N–H and O–H groups in total. The Balaban J connectivity index is 2.12. The van der Waals surface area contributed by atoms with Gasteiger partial charge in [0.1, 0.15) is 6.04 Å². The van der Waals surface area contributed by atoms with Gasteiger partial charge in [-0.2, -0.15) is 0 Å². The van der Waals surface area contributed by atoms with E-state index in [1.807, 2.05) is 45.0 Å². The number of amides is 2. The first-order valence-corrected chi connectivity index (χ1v) is 11.9. The first-order chi connectivity index (χ1) is 14.7. The van der Waals surface area contributed by atoms with Crippen LogP contribution in [0.3, 0.4) is 0 Å². The van der Waals surface area contributed by atoms with Gasteiger partial charge in [-0.3, -0.25) is 9.59 Å². The minimum Gasteiger partial charge on any atom is -0.352 e. The topological polar surface area (TPSA) is 49.4 Å². The molecule has 0 saturated heterocycles. The third-order valence-corrected chi connectivity index (χ3v) is 6.24. The number of carbonyl (C=O) groups is 2. The van der Waals surface area contributed by atoms with Crippen LogP contribution in [0.2, 0.25) is 0 Å². The molecule has 2 amide bonds. The van der Waals surface area contributed by atoms with Gasteiger partial charge in [-0.05, 0) is 61.4 Å². The molecule has 0 fully saturated rings. The molecule has 0 aromatic heterocycles. The number of halogens is 1. The van der Waals surface area contributed by atoms with E-state index in [1.165, 1.54) is 5.56 Å². The van der Waals surface area contributed by atoms with Crippen molar-refractivity contribution < 1.29 is 9.59 Å². The fourth-order valence-corrected chi connectivity index (χ4v) is 3.56. The minimum absolute atomic E-state index is 0.0114. The molecular weight excluding hydrogens is 452 g/mol. The molecule has 0 aliphatic heterocycles. The highest BCUT2D eigenvalue weighted by Gasteiger charge is 2.26. The highest BCUT2D eigenvalue weighted by Crippen LogP contribution is 2.18. The monoisotopic (exact) mass is 486 g/mol. The van der Waals surface area contributed by atoms with E-state index in [0.717, 1.165) is 22.0 Å². The number of rotatable bonds is 10. The molecule has 0 aliphatic rings. The average Bonchev–Trinajstić information content (AvgIpc) is 2.76. The summed E-state index contributed by atoms with van der Waals surface area (Å²) in [7, 11) is 0. The third kappa shape index (κ3) is 7.80. The number of carbonyl (C=O) groups excluding carboxylic acids is 2. The maximum Gasteiger partial charge on any atom is 0.242 e. The largest absolute Gasteiger partial charge is 0.352 e. The van der Waals surface area contributed by atoms with E-state index in [9.17, 15) is 9.59 Å². The van der Waals surface area contributed by atoms with E-state index in [2.05, 4.69) is 59.4 Å². The molecule has 2 aromatic rings.